The van der Waals surface area contributed by atoms with Gasteiger partial charge >= 0.3 is 0 Å². The summed E-state index contributed by atoms with van der Waals surface area (Å²) in [5.41, 5.74) is 5.25. The van der Waals surface area contributed by atoms with E-state index in [0.29, 0.717) is 34.9 Å². The Hall–Kier alpha value is -2.79. The molecule has 3 N–H and O–H groups in total. The van der Waals surface area contributed by atoms with E-state index in [0.717, 1.165) is 57.5 Å². The maximum absolute atomic E-state index is 12.0. The minimum absolute atomic E-state index is 0. The Morgan fingerprint density at radius 2 is 1.57 bits per heavy atom. The Labute approximate surface area is 218 Å². The van der Waals surface area contributed by atoms with Crippen molar-refractivity contribution in [1.82, 2.24) is 14.9 Å². The minimum Gasteiger partial charge on any atom is -0.371 e. The lowest BCUT2D eigenvalue weighted by Crippen LogP contribution is -2.35. The number of nitro groups is 1. The molecule has 194 valence electrons. The van der Waals surface area contributed by atoms with Gasteiger partial charge in [-0.15, -0.1) is 35.0 Å². The van der Waals surface area contributed by atoms with Crippen LogP contribution >= 0.6 is 24.8 Å². The van der Waals surface area contributed by atoms with Crippen molar-refractivity contribution in [3.05, 3.63) is 33.6 Å². The number of nitrogens with two attached hydrogens (primary N) is 1. The van der Waals surface area contributed by atoms with E-state index >= 15 is 0 Å². The normalized spacial score (nSPS) is 17.2. The summed E-state index contributed by atoms with van der Waals surface area (Å²) in [6.07, 6.45) is 5.88. The summed E-state index contributed by atoms with van der Waals surface area (Å²) in [6, 6.07) is 3.63. The third-order valence-corrected chi connectivity index (χ3v) is 6.80. The third kappa shape index (κ3) is 6.46. The van der Waals surface area contributed by atoms with E-state index in [1.54, 1.807) is 19.2 Å². The van der Waals surface area contributed by atoms with E-state index in [1.807, 2.05) is 6.07 Å². The van der Waals surface area contributed by atoms with Crippen molar-refractivity contribution in [2.45, 2.75) is 46.5 Å². The number of nitrogen functional groups attached to an aromatic ring is 1. The van der Waals surface area contributed by atoms with Crippen LogP contribution in [-0.4, -0.2) is 52.2 Å². The van der Waals surface area contributed by atoms with Crippen LogP contribution in [0.25, 0.3) is 0 Å². The van der Waals surface area contributed by atoms with E-state index in [4.69, 9.17) is 5.84 Å². The Bertz CT molecular complexity index is 1030. The highest BCUT2D eigenvalue weighted by atomic mass is 35.5. The fraction of sp³-hybridized carbons (Fsp3) is 0.591. The third-order valence-electron chi connectivity index (χ3n) is 6.80. The van der Waals surface area contributed by atoms with E-state index in [1.165, 1.54) is 4.68 Å². The van der Waals surface area contributed by atoms with Gasteiger partial charge in [-0.25, -0.2) is 10.1 Å². The molecule has 0 bridgehead atoms. The van der Waals surface area contributed by atoms with Gasteiger partial charge in [0, 0.05) is 43.5 Å². The zero-order chi connectivity index (χ0) is 23.5. The molecule has 2 saturated heterocycles. The second-order valence-corrected chi connectivity index (χ2v) is 9.31. The first-order valence-electron chi connectivity index (χ1n) is 11.6. The van der Waals surface area contributed by atoms with Crippen molar-refractivity contribution in [2.24, 2.45) is 16.9 Å². The molecule has 11 nitrogen and oxygen atoms in total. The Morgan fingerprint density at radius 3 is 2.06 bits per heavy atom. The second-order valence-electron chi connectivity index (χ2n) is 9.31. The number of nitrogens with zero attached hydrogens (tertiary/aromatic N) is 7. The van der Waals surface area contributed by atoms with Crippen LogP contribution in [-0.2, 0) is 0 Å². The topological polar surface area (TPSA) is 131 Å². The van der Waals surface area contributed by atoms with Crippen molar-refractivity contribution >= 4 is 54.0 Å². The first kappa shape index (κ1) is 28.4. The molecule has 2 aliphatic rings. The van der Waals surface area contributed by atoms with Crippen LogP contribution in [0.1, 0.15) is 50.9 Å². The van der Waals surface area contributed by atoms with E-state index in [2.05, 4.69) is 44.4 Å². The fourth-order valence-corrected chi connectivity index (χ4v) is 4.46. The molecular weight excluding hydrogens is 493 g/mol. The number of hydrogen-bond acceptors (Lipinski definition) is 9. The number of benzene rings is 1. The van der Waals surface area contributed by atoms with Gasteiger partial charge in [0.15, 0.2) is 5.82 Å². The average molecular weight is 528 g/mol. The van der Waals surface area contributed by atoms with E-state index < -0.39 is 0 Å². The van der Waals surface area contributed by atoms with E-state index in [9.17, 15) is 10.1 Å². The number of piperidine rings is 2. The Balaban J connectivity index is 0.00000216. The molecule has 1 aromatic heterocycles. The fourth-order valence-electron chi connectivity index (χ4n) is 4.46. The van der Waals surface area contributed by atoms with Gasteiger partial charge in [0.25, 0.3) is 11.6 Å². The Kier molecular flexibility index (Phi) is 9.96. The summed E-state index contributed by atoms with van der Waals surface area (Å²) in [5, 5.41) is 24.1. The molecule has 0 saturated carbocycles. The van der Waals surface area contributed by atoms with Gasteiger partial charge in [0.1, 0.15) is 5.69 Å². The molecule has 2 aliphatic heterocycles. The standard InChI is InChI=1S/C22H33N9O2.2ClH/c1-15-4-8-28(9-5-15)19-13-20(29-10-6-16(2)7-11-29)21(31(32)33)12-18(19)14-24-26-22-27-25-17(3)30(22)23;;/h12-16H,4-11,23H2,1-3H3,(H,26,27);2*1H/b24-14+;;. The highest BCUT2D eigenvalue weighted by Gasteiger charge is 2.27. The number of hydrazone groups is 1. The van der Waals surface area contributed by atoms with Gasteiger partial charge in [0.2, 0.25) is 0 Å². The number of anilines is 3. The van der Waals surface area contributed by atoms with Gasteiger partial charge in [-0.2, -0.15) is 5.10 Å². The molecular formula is C22H35Cl2N9O2. The van der Waals surface area contributed by atoms with Crippen molar-refractivity contribution < 1.29 is 4.92 Å². The minimum atomic E-state index is -0.292. The van der Waals surface area contributed by atoms with Crippen molar-refractivity contribution in [3.63, 3.8) is 0 Å². The molecule has 1 aromatic carbocycles. The van der Waals surface area contributed by atoms with Crippen LogP contribution in [0.4, 0.5) is 23.0 Å². The van der Waals surface area contributed by atoms with Gasteiger partial charge in [-0.1, -0.05) is 13.8 Å². The van der Waals surface area contributed by atoms with Crippen molar-refractivity contribution in [1.29, 1.82) is 0 Å². The number of aromatic nitrogens is 3. The van der Waals surface area contributed by atoms with Crippen LogP contribution < -0.4 is 21.1 Å². The zero-order valence-corrected chi connectivity index (χ0v) is 22.0. The molecule has 3 heterocycles. The molecule has 0 amide bonds. The number of rotatable bonds is 6. The van der Waals surface area contributed by atoms with Crippen molar-refractivity contribution in [3.8, 4) is 0 Å². The number of nitro benzene ring substituents is 1. The molecule has 13 heteroatoms. The lowest BCUT2D eigenvalue weighted by molar-refractivity contribution is -0.384. The smallest absolute Gasteiger partial charge is 0.293 e. The van der Waals surface area contributed by atoms with Crippen LogP contribution in [0.15, 0.2) is 17.2 Å². The molecule has 2 aromatic rings. The lowest BCUT2D eigenvalue weighted by Gasteiger charge is -2.35. The first-order valence-corrected chi connectivity index (χ1v) is 11.6. The van der Waals surface area contributed by atoms with Gasteiger partial charge in [-0.3, -0.25) is 10.1 Å². The van der Waals surface area contributed by atoms with Crippen molar-refractivity contribution in [2.75, 3.05) is 47.2 Å². The lowest BCUT2D eigenvalue weighted by atomic mass is 9.96. The van der Waals surface area contributed by atoms with Gasteiger partial charge in [0.05, 0.1) is 11.1 Å². The highest BCUT2D eigenvalue weighted by Crippen LogP contribution is 2.38. The van der Waals surface area contributed by atoms with Gasteiger partial charge in [-0.05, 0) is 50.5 Å². The monoisotopic (exact) mass is 527 g/mol. The van der Waals surface area contributed by atoms with E-state index in [-0.39, 0.29) is 35.4 Å². The molecule has 2 fully saturated rings. The summed E-state index contributed by atoms with van der Waals surface area (Å²) >= 11 is 0. The zero-order valence-electron chi connectivity index (χ0n) is 20.4. The molecule has 0 aliphatic carbocycles. The number of hydrogen-bond donors (Lipinski definition) is 2. The predicted molar refractivity (Wildman–Crippen MR) is 145 cm³/mol. The molecule has 0 atom stereocenters. The summed E-state index contributed by atoms with van der Waals surface area (Å²) in [5.74, 6) is 8.04. The predicted octanol–water partition coefficient (Wildman–Crippen LogP) is 3.97. The van der Waals surface area contributed by atoms with Gasteiger partial charge < -0.3 is 15.6 Å². The molecule has 0 radical (unpaired) electrons. The Morgan fingerprint density at radius 1 is 1.03 bits per heavy atom. The highest BCUT2D eigenvalue weighted by molar-refractivity contribution is 5.92. The van der Waals surface area contributed by atoms with Crippen LogP contribution in [0, 0.1) is 28.9 Å². The molecule has 35 heavy (non-hydrogen) atoms. The summed E-state index contributed by atoms with van der Waals surface area (Å²) in [6.45, 7) is 9.74. The average Bonchev–Trinajstić information content (AvgIpc) is 3.12. The molecule has 0 spiro atoms. The molecule has 0 unspecified atom stereocenters. The largest absolute Gasteiger partial charge is 0.371 e. The van der Waals surface area contributed by atoms with Crippen LogP contribution in [0.2, 0.25) is 0 Å². The molecule has 4 rings (SSSR count). The number of nitrogens with one attached hydrogen (secondary N) is 1. The van der Waals surface area contributed by atoms with Crippen LogP contribution in [0.5, 0.6) is 0 Å². The summed E-state index contributed by atoms with van der Waals surface area (Å²) in [7, 11) is 0. The van der Waals surface area contributed by atoms with Crippen LogP contribution in [0.3, 0.4) is 0 Å². The first-order chi connectivity index (χ1) is 15.8. The SMILES string of the molecule is Cc1nnc(N/N=C/c2cc([N+](=O)[O-])c(N3CCC(C)CC3)cc2N2CCC(C)CC2)n1N.Cl.Cl. The quantitative estimate of drug-likeness (QED) is 0.249. The number of halogens is 2. The maximum Gasteiger partial charge on any atom is 0.293 e. The summed E-state index contributed by atoms with van der Waals surface area (Å²) < 4.78 is 1.30. The number of aryl methyl sites for hydroxylation is 1. The second kappa shape index (κ2) is 12.3. The summed E-state index contributed by atoms with van der Waals surface area (Å²) in [4.78, 5) is 16.2. The maximum atomic E-state index is 12.0.